The Kier molecular flexibility index (Phi) is 6.46. The summed E-state index contributed by atoms with van der Waals surface area (Å²) < 4.78 is 5.50. The van der Waals surface area contributed by atoms with Crippen LogP contribution in [0.2, 0.25) is 0 Å². The molecule has 132 valence electrons. The summed E-state index contributed by atoms with van der Waals surface area (Å²) in [6.45, 7) is 3.37. The highest BCUT2D eigenvalue weighted by molar-refractivity contribution is 5.77. The molecular weight excluding hydrogens is 306 g/mol. The Bertz CT molecular complexity index is 574. The van der Waals surface area contributed by atoms with E-state index in [1.165, 1.54) is 11.3 Å². The minimum atomic E-state index is -0.0900. The van der Waals surface area contributed by atoms with Crippen LogP contribution >= 0.6 is 0 Å². The summed E-state index contributed by atoms with van der Waals surface area (Å²) in [6, 6.07) is 7.73. The van der Waals surface area contributed by atoms with E-state index in [2.05, 4.69) is 12.2 Å². The monoisotopic (exact) mass is 333 g/mol. The molecule has 6 nitrogen and oxygen atoms in total. The van der Waals surface area contributed by atoms with Gasteiger partial charge in [0, 0.05) is 33.2 Å². The van der Waals surface area contributed by atoms with Crippen LogP contribution in [-0.2, 0) is 11.3 Å². The van der Waals surface area contributed by atoms with Gasteiger partial charge in [0.1, 0.15) is 5.75 Å². The second-order valence-corrected chi connectivity index (χ2v) is 6.42. The van der Waals surface area contributed by atoms with Crippen molar-refractivity contribution in [3.05, 3.63) is 29.8 Å². The molecule has 1 aromatic carbocycles. The number of nitrogens with zero attached hydrogens (tertiary/aromatic N) is 2. The van der Waals surface area contributed by atoms with Crippen LogP contribution in [0.3, 0.4) is 0 Å². The highest BCUT2D eigenvalue weighted by atomic mass is 16.5. The quantitative estimate of drug-likeness (QED) is 0.899. The second kappa shape index (κ2) is 8.57. The minimum absolute atomic E-state index is 0.00804. The molecule has 0 spiro atoms. The number of amides is 3. The number of rotatable bonds is 5. The third-order valence-electron chi connectivity index (χ3n) is 4.27. The van der Waals surface area contributed by atoms with Crippen molar-refractivity contribution in [2.45, 2.75) is 38.8 Å². The number of hydrogen-bond acceptors (Lipinski definition) is 3. The molecule has 1 saturated heterocycles. The van der Waals surface area contributed by atoms with Gasteiger partial charge in [-0.2, -0.15) is 0 Å². The van der Waals surface area contributed by atoms with Crippen molar-refractivity contribution >= 4 is 11.9 Å². The van der Waals surface area contributed by atoms with E-state index in [1.54, 1.807) is 20.2 Å². The number of urea groups is 1. The smallest absolute Gasteiger partial charge is 0.317 e. The van der Waals surface area contributed by atoms with Crippen molar-refractivity contribution in [1.82, 2.24) is 15.1 Å². The second-order valence-electron chi connectivity index (χ2n) is 6.42. The third-order valence-corrected chi connectivity index (χ3v) is 4.27. The molecule has 0 bridgehead atoms. The van der Waals surface area contributed by atoms with E-state index in [-0.39, 0.29) is 18.5 Å². The van der Waals surface area contributed by atoms with E-state index in [9.17, 15) is 9.59 Å². The molecule has 0 radical (unpaired) electrons. The summed E-state index contributed by atoms with van der Waals surface area (Å²) in [5, 5.41) is 2.97. The summed E-state index contributed by atoms with van der Waals surface area (Å²) in [5.74, 6) is 0.538. The molecule has 0 aliphatic carbocycles. The number of likely N-dealkylation sites (tertiary alicyclic amines) is 1. The fraction of sp³-hybridized carbons (Fsp3) is 0.556. The number of nitrogens with one attached hydrogen (secondary N) is 1. The standard InChI is InChI=1S/C18H27N3O3/c1-14-7-4-5-10-21(14)18(23)19-12-15-8-6-9-16(11-15)24-13-17(22)20(2)3/h6,8-9,11,14H,4-5,7,10,12-13H2,1-3H3,(H,19,23). The summed E-state index contributed by atoms with van der Waals surface area (Å²) in [7, 11) is 3.39. The molecule has 1 unspecified atom stereocenters. The van der Waals surface area contributed by atoms with Gasteiger partial charge in [-0.3, -0.25) is 4.79 Å². The first-order valence-corrected chi connectivity index (χ1v) is 8.43. The van der Waals surface area contributed by atoms with Gasteiger partial charge >= 0.3 is 6.03 Å². The van der Waals surface area contributed by atoms with Crippen molar-refractivity contribution in [2.75, 3.05) is 27.2 Å². The van der Waals surface area contributed by atoms with E-state index in [4.69, 9.17) is 4.74 Å². The zero-order chi connectivity index (χ0) is 17.5. The first kappa shape index (κ1) is 18.1. The van der Waals surface area contributed by atoms with Crippen LogP contribution in [0.15, 0.2) is 24.3 Å². The number of carbonyl (C=O) groups excluding carboxylic acids is 2. The van der Waals surface area contributed by atoms with Gasteiger partial charge in [0.2, 0.25) is 0 Å². The Balaban J connectivity index is 1.85. The van der Waals surface area contributed by atoms with Gasteiger partial charge < -0.3 is 19.9 Å². The molecule has 6 heteroatoms. The van der Waals surface area contributed by atoms with Crippen molar-refractivity contribution in [3.63, 3.8) is 0 Å². The number of piperidine rings is 1. The lowest BCUT2D eigenvalue weighted by molar-refractivity contribution is -0.130. The number of benzene rings is 1. The molecule has 1 atom stereocenters. The van der Waals surface area contributed by atoms with Crippen LogP contribution < -0.4 is 10.1 Å². The fourth-order valence-electron chi connectivity index (χ4n) is 2.70. The predicted octanol–water partition coefficient (Wildman–Crippen LogP) is 2.24. The molecule has 2 rings (SSSR count). The Morgan fingerprint density at radius 1 is 1.33 bits per heavy atom. The normalized spacial score (nSPS) is 17.3. The molecule has 1 heterocycles. The number of hydrogen-bond donors (Lipinski definition) is 1. The summed E-state index contributed by atoms with van der Waals surface area (Å²) in [5.41, 5.74) is 0.947. The van der Waals surface area contributed by atoms with E-state index < -0.39 is 0 Å². The van der Waals surface area contributed by atoms with Gasteiger partial charge in [0.15, 0.2) is 6.61 Å². The zero-order valence-electron chi connectivity index (χ0n) is 14.7. The van der Waals surface area contributed by atoms with Gasteiger partial charge in [-0.1, -0.05) is 12.1 Å². The molecular formula is C18H27N3O3. The van der Waals surface area contributed by atoms with Crippen molar-refractivity contribution in [2.24, 2.45) is 0 Å². The van der Waals surface area contributed by atoms with Crippen molar-refractivity contribution < 1.29 is 14.3 Å². The van der Waals surface area contributed by atoms with E-state index in [1.807, 2.05) is 23.1 Å². The fourth-order valence-corrected chi connectivity index (χ4v) is 2.70. The molecule has 0 aromatic heterocycles. The first-order chi connectivity index (χ1) is 11.5. The summed E-state index contributed by atoms with van der Waals surface area (Å²) in [4.78, 5) is 27.2. The number of likely N-dealkylation sites (N-methyl/N-ethyl adjacent to an activating group) is 1. The predicted molar refractivity (Wildman–Crippen MR) is 92.9 cm³/mol. The third kappa shape index (κ3) is 5.15. The molecule has 1 aliphatic heterocycles. The van der Waals surface area contributed by atoms with Crippen LogP contribution in [0.4, 0.5) is 4.79 Å². The lowest BCUT2D eigenvalue weighted by Crippen LogP contribution is -2.47. The zero-order valence-corrected chi connectivity index (χ0v) is 14.7. The average Bonchev–Trinajstić information content (AvgIpc) is 2.58. The van der Waals surface area contributed by atoms with Gasteiger partial charge in [-0.15, -0.1) is 0 Å². The van der Waals surface area contributed by atoms with Crippen LogP contribution in [0.5, 0.6) is 5.75 Å². The number of carbonyl (C=O) groups is 2. The van der Waals surface area contributed by atoms with Gasteiger partial charge in [-0.05, 0) is 43.9 Å². The van der Waals surface area contributed by atoms with Crippen LogP contribution in [0.1, 0.15) is 31.7 Å². The van der Waals surface area contributed by atoms with Gasteiger partial charge in [0.05, 0.1) is 0 Å². The number of ether oxygens (including phenoxy) is 1. The Morgan fingerprint density at radius 2 is 2.12 bits per heavy atom. The molecule has 3 amide bonds. The molecule has 1 aliphatic rings. The maximum atomic E-state index is 12.3. The Hall–Kier alpha value is -2.24. The average molecular weight is 333 g/mol. The maximum absolute atomic E-state index is 12.3. The molecule has 0 saturated carbocycles. The Labute approximate surface area is 143 Å². The SMILES string of the molecule is CC1CCCCN1C(=O)NCc1cccc(OCC(=O)N(C)C)c1. The van der Waals surface area contributed by atoms with Crippen LogP contribution in [0, 0.1) is 0 Å². The lowest BCUT2D eigenvalue weighted by atomic mass is 10.0. The van der Waals surface area contributed by atoms with Gasteiger partial charge in [-0.25, -0.2) is 4.79 Å². The topological polar surface area (TPSA) is 61.9 Å². The molecule has 1 fully saturated rings. The van der Waals surface area contributed by atoms with Crippen molar-refractivity contribution in [3.8, 4) is 5.75 Å². The molecule has 1 aromatic rings. The maximum Gasteiger partial charge on any atom is 0.317 e. The summed E-state index contributed by atoms with van der Waals surface area (Å²) >= 11 is 0. The highest BCUT2D eigenvalue weighted by Gasteiger charge is 2.22. The lowest BCUT2D eigenvalue weighted by Gasteiger charge is -2.33. The van der Waals surface area contributed by atoms with E-state index >= 15 is 0 Å². The minimum Gasteiger partial charge on any atom is -0.484 e. The largest absolute Gasteiger partial charge is 0.484 e. The first-order valence-electron chi connectivity index (χ1n) is 8.43. The Morgan fingerprint density at radius 3 is 2.83 bits per heavy atom. The highest BCUT2D eigenvalue weighted by Crippen LogP contribution is 2.17. The van der Waals surface area contributed by atoms with Crippen LogP contribution in [-0.4, -0.2) is 55.0 Å². The molecule has 1 N–H and O–H groups in total. The van der Waals surface area contributed by atoms with E-state index in [0.717, 1.165) is 24.9 Å². The van der Waals surface area contributed by atoms with Crippen LogP contribution in [0.25, 0.3) is 0 Å². The van der Waals surface area contributed by atoms with Crippen molar-refractivity contribution in [1.29, 1.82) is 0 Å². The van der Waals surface area contributed by atoms with E-state index in [0.29, 0.717) is 18.3 Å². The molecule has 24 heavy (non-hydrogen) atoms. The van der Waals surface area contributed by atoms with Gasteiger partial charge in [0.25, 0.3) is 5.91 Å². The summed E-state index contributed by atoms with van der Waals surface area (Å²) in [6.07, 6.45) is 3.33.